The van der Waals surface area contributed by atoms with Gasteiger partial charge in [0.05, 0.1) is 33.0 Å². The monoisotopic (exact) mass is 464 g/mol. The fourth-order valence-electron chi connectivity index (χ4n) is 2.94. The Morgan fingerprint density at radius 2 is 1.61 bits per heavy atom. The molecular formula is C20H19Na2O8P. The number of hydrogen-bond donors (Lipinski definition) is 0. The minimum Gasteiger partial charge on any atom is -0.780 e. The smallest absolute Gasteiger partial charge is 0.780 e. The van der Waals surface area contributed by atoms with Crippen LogP contribution in [0.3, 0.4) is 0 Å². The molecule has 11 heteroatoms. The van der Waals surface area contributed by atoms with Crippen LogP contribution in [0.4, 0.5) is 0 Å². The minimum absolute atomic E-state index is 0. The van der Waals surface area contributed by atoms with E-state index in [0.29, 0.717) is 40.2 Å². The van der Waals surface area contributed by atoms with E-state index in [0.717, 1.165) is 5.56 Å². The number of ether oxygens (including phenoxy) is 3. The Hall–Kier alpha value is -0.930. The van der Waals surface area contributed by atoms with Crippen LogP contribution >= 0.6 is 7.82 Å². The van der Waals surface area contributed by atoms with E-state index in [4.69, 9.17) is 18.6 Å². The summed E-state index contributed by atoms with van der Waals surface area (Å²) in [4.78, 5) is 22.0. The number of rotatable bonds is 8. The van der Waals surface area contributed by atoms with Crippen LogP contribution in [0.25, 0.3) is 17.0 Å². The third-order valence-corrected chi connectivity index (χ3v) is 4.57. The second-order valence-corrected chi connectivity index (χ2v) is 7.11. The molecule has 0 N–H and O–H groups in total. The predicted molar refractivity (Wildman–Crippen MR) is 103 cm³/mol. The van der Waals surface area contributed by atoms with E-state index in [9.17, 15) is 14.4 Å². The van der Waals surface area contributed by atoms with Crippen LogP contribution in [-0.4, -0.2) is 21.3 Å². The van der Waals surface area contributed by atoms with Crippen LogP contribution in [-0.2, 0) is 11.0 Å². The average molecular weight is 464 g/mol. The molecule has 0 saturated heterocycles. The standard InChI is InChI=1S/C20H21O8P.2Na/c1-24-18-11-14(12-19(25-2)20(18)26-3)6-4-5-13-9-16-15(7-8-27-16)17(10-13)28-29(21,22)23;;/h4,6-12H,5H2,1-3H3,(H2,21,22,23);;/q;2*+1/p-2/b6-4-;;. The van der Waals surface area contributed by atoms with E-state index in [1.807, 2.05) is 12.2 Å². The van der Waals surface area contributed by atoms with Crippen molar-refractivity contribution in [1.82, 2.24) is 0 Å². The van der Waals surface area contributed by atoms with Crippen molar-refractivity contribution >= 4 is 24.9 Å². The van der Waals surface area contributed by atoms with E-state index >= 15 is 0 Å². The van der Waals surface area contributed by atoms with E-state index in [1.165, 1.54) is 39.7 Å². The summed E-state index contributed by atoms with van der Waals surface area (Å²) in [6.07, 6.45) is 5.55. The fourth-order valence-corrected chi connectivity index (χ4v) is 3.33. The first-order chi connectivity index (χ1) is 13.8. The summed E-state index contributed by atoms with van der Waals surface area (Å²) in [5.74, 6) is 1.50. The summed E-state index contributed by atoms with van der Waals surface area (Å²) in [5, 5.41) is 0.411. The van der Waals surface area contributed by atoms with Gasteiger partial charge in [-0.3, -0.25) is 0 Å². The summed E-state index contributed by atoms with van der Waals surface area (Å²) in [5.41, 5.74) is 1.95. The molecule has 3 aromatic rings. The molecule has 0 aliphatic heterocycles. The molecule has 0 radical (unpaired) electrons. The first kappa shape index (κ1) is 28.1. The summed E-state index contributed by atoms with van der Waals surface area (Å²) in [7, 11) is -0.581. The molecule has 0 aliphatic rings. The van der Waals surface area contributed by atoms with Gasteiger partial charge in [0, 0.05) is 0 Å². The third kappa shape index (κ3) is 7.29. The van der Waals surface area contributed by atoms with Gasteiger partial charge in [-0.2, -0.15) is 0 Å². The first-order valence-electron chi connectivity index (χ1n) is 8.53. The first-order valence-corrected chi connectivity index (χ1v) is 9.99. The number of allylic oxidation sites excluding steroid dienone is 1. The van der Waals surface area contributed by atoms with Gasteiger partial charge in [-0.1, -0.05) is 12.2 Å². The van der Waals surface area contributed by atoms with Gasteiger partial charge >= 0.3 is 59.1 Å². The zero-order chi connectivity index (χ0) is 21.0. The number of furan rings is 1. The molecule has 0 bridgehead atoms. The molecule has 0 fully saturated rings. The molecule has 8 nitrogen and oxygen atoms in total. The Labute approximate surface area is 224 Å². The molecule has 0 atom stereocenters. The Morgan fingerprint density at radius 1 is 0.968 bits per heavy atom. The van der Waals surface area contributed by atoms with Crippen molar-refractivity contribution in [2.24, 2.45) is 0 Å². The molecule has 0 spiro atoms. The number of benzene rings is 2. The summed E-state index contributed by atoms with van der Waals surface area (Å²) < 4.78 is 36.9. The van der Waals surface area contributed by atoms with Crippen LogP contribution in [0.5, 0.6) is 23.0 Å². The number of phosphoric ester groups is 1. The molecule has 1 heterocycles. The zero-order valence-electron chi connectivity index (χ0n) is 18.0. The van der Waals surface area contributed by atoms with Crippen LogP contribution in [0.1, 0.15) is 11.1 Å². The maximum atomic E-state index is 11.0. The van der Waals surface area contributed by atoms with Gasteiger partial charge in [-0.15, -0.1) is 0 Å². The molecule has 0 unspecified atom stereocenters. The molecule has 154 valence electrons. The van der Waals surface area contributed by atoms with Crippen molar-refractivity contribution in [2.75, 3.05) is 21.3 Å². The van der Waals surface area contributed by atoms with Gasteiger partial charge in [0.25, 0.3) is 0 Å². The molecule has 3 rings (SSSR count). The van der Waals surface area contributed by atoms with Crippen molar-refractivity contribution in [3.05, 3.63) is 53.8 Å². The van der Waals surface area contributed by atoms with Crippen molar-refractivity contribution in [3.8, 4) is 23.0 Å². The zero-order valence-corrected chi connectivity index (χ0v) is 22.9. The van der Waals surface area contributed by atoms with E-state index < -0.39 is 7.82 Å². The molecule has 0 amide bonds. The van der Waals surface area contributed by atoms with Crippen molar-refractivity contribution < 1.29 is 96.6 Å². The van der Waals surface area contributed by atoms with Crippen molar-refractivity contribution in [3.63, 3.8) is 0 Å². The third-order valence-electron chi connectivity index (χ3n) is 4.15. The average Bonchev–Trinajstić information content (AvgIpc) is 3.15. The maximum Gasteiger partial charge on any atom is 1.00 e. The van der Waals surface area contributed by atoms with Gasteiger partial charge in [0.1, 0.15) is 19.2 Å². The van der Waals surface area contributed by atoms with Crippen LogP contribution < -0.4 is 87.6 Å². The Balaban J connectivity index is 0.00000240. The van der Waals surface area contributed by atoms with Crippen LogP contribution in [0.15, 0.2) is 47.1 Å². The normalized spacial score (nSPS) is 11.0. The predicted octanol–water partition coefficient (Wildman–Crippen LogP) is -3.07. The van der Waals surface area contributed by atoms with Gasteiger partial charge in [-0.25, -0.2) is 0 Å². The SMILES string of the molecule is COc1cc(/C=C\Cc2cc(OP(=O)([O-])[O-])c3ccoc3c2)cc(OC)c1OC.[Na+].[Na+]. The van der Waals surface area contributed by atoms with Crippen LogP contribution in [0.2, 0.25) is 0 Å². The summed E-state index contributed by atoms with van der Waals surface area (Å²) in [6, 6.07) is 8.39. The molecule has 2 aromatic carbocycles. The molecular weight excluding hydrogens is 445 g/mol. The quantitative estimate of drug-likeness (QED) is 0.255. The summed E-state index contributed by atoms with van der Waals surface area (Å²) >= 11 is 0. The number of methoxy groups -OCH3 is 3. The molecule has 1 aromatic heterocycles. The van der Waals surface area contributed by atoms with Gasteiger partial charge < -0.3 is 37.5 Å². The Morgan fingerprint density at radius 3 is 2.16 bits per heavy atom. The van der Waals surface area contributed by atoms with Gasteiger partial charge in [0.2, 0.25) is 5.75 Å². The van der Waals surface area contributed by atoms with Gasteiger partial charge in [-0.05, 0) is 47.9 Å². The van der Waals surface area contributed by atoms with E-state index in [-0.39, 0.29) is 64.9 Å². The second kappa shape index (κ2) is 12.3. The number of phosphoric acid groups is 1. The largest absolute Gasteiger partial charge is 1.00 e. The van der Waals surface area contributed by atoms with Crippen molar-refractivity contribution in [2.45, 2.75) is 6.42 Å². The van der Waals surface area contributed by atoms with Crippen molar-refractivity contribution in [1.29, 1.82) is 0 Å². The molecule has 0 aliphatic carbocycles. The fraction of sp³-hybridized carbons (Fsp3) is 0.200. The Bertz CT molecular complexity index is 1060. The molecule has 31 heavy (non-hydrogen) atoms. The Kier molecular flexibility index (Phi) is 11.2. The number of hydrogen-bond acceptors (Lipinski definition) is 8. The van der Waals surface area contributed by atoms with E-state index in [1.54, 1.807) is 18.2 Å². The maximum absolute atomic E-state index is 11.0. The minimum atomic E-state index is -5.19. The number of fused-ring (bicyclic) bond motifs is 1. The van der Waals surface area contributed by atoms with Gasteiger partial charge in [0.15, 0.2) is 11.5 Å². The van der Waals surface area contributed by atoms with Crippen LogP contribution in [0, 0.1) is 0 Å². The topological polar surface area (TPSA) is 113 Å². The van der Waals surface area contributed by atoms with E-state index in [2.05, 4.69) is 4.52 Å². The molecule has 0 saturated carbocycles. The second-order valence-electron chi connectivity index (χ2n) is 6.03. The summed E-state index contributed by atoms with van der Waals surface area (Å²) in [6.45, 7) is 0.